The molecule has 0 saturated heterocycles. The van der Waals surface area contributed by atoms with Crippen LogP contribution in [0, 0.1) is 5.92 Å². The molecule has 3 N–H and O–H groups in total. The number of halogens is 1. The molecule has 0 heterocycles. The number of hydrogen-bond donors (Lipinski definition) is 3. The predicted molar refractivity (Wildman–Crippen MR) is 70.9 cm³/mol. The lowest BCUT2D eigenvalue weighted by atomic mass is 9.96. The highest BCUT2D eigenvalue weighted by Crippen LogP contribution is 2.39. The van der Waals surface area contributed by atoms with Crippen LogP contribution in [0.5, 0.6) is 5.75 Å². The second-order valence-corrected chi connectivity index (χ2v) is 5.83. The molecule has 0 spiro atoms. The van der Waals surface area contributed by atoms with E-state index in [-0.39, 0.29) is 17.9 Å². The number of aromatic hydroxyl groups is 1. The van der Waals surface area contributed by atoms with E-state index in [2.05, 4.69) is 28.2 Å². The van der Waals surface area contributed by atoms with Crippen molar-refractivity contribution >= 4 is 15.9 Å². The van der Waals surface area contributed by atoms with Gasteiger partial charge in [0.05, 0.1) is 6.61 Å². The van der Waals surface area contributed by atoms with Gasteiger partial charge >= 0.3 is 0 Å². The van der Waals surface area contributed by atoms with Gasteiger partial charge in [-0.25, -0.2) is 0 Å². The van der Waals surface area contributed by atoms with Crippen LogP contribution in [0.3, 0.4) is 0 Å². The van der Waals surface area contributed by atoms with Crippen LogP contribution in [0.25, 0.3) is 0 Å². The quantitative estimate of drug-likeness (QED) is 0.782. The first-order valence-corrected chi connectivity index (χ1v) is 6.68. The van der Waals surface area contributed by atoms with E-state index in [9.17, 15) is 10.2 Å². The van der Waals surface area contributed by atoms with Crippen molar-refractivity contribution in [3.63, 3.8) is 0 Å². The predicted octanol–water partition coefficient (Wildman–Crippen LogP) is 2.41. The van der Waals surface area contributed by atoms with Crippen LogP contribution in [-0.2, 0) is 6.54 Å². The lowest BCUT2D eigenvalue weighted by Crippen LogP contribution is -2.47. The number of benzene rings is 1. The Kier molecular flexibility index (Phi) is 3.76. The van der Waals surface area contributed by atoms with Crippen LogP contribution in [-0.4, -0.2) is 22.4 Å². The molecule has 17 heavy (non-hydrogen) atoms. The highest BCUT2D eigenvalue weighted by Gasteiger charge is 2.40. The van der Waals surface area contributed by atoms with E-state index in [1.165, 1.54) is 12.8 Å². The molecule has 3 nitrogen and oxygen atoms in total. The van der Waals surface area contributed by atoms with Gasteiger partial charge < -0.3 is 15.5 Å². The molecular formula is C13H18BrNO2. The summed E-state index contributed by atoms with van der Waals surface area (Å²) in [7, 11) is 0. The zero-order chi connectivity index (χ0) is 12.5. The fraction of sp³-hybridized carbons (Fsp3) is 0.538. The smallest absolute Gasteiger partial charge is 0.115 e. The summed E-state index contributed by atoms with van der Waals surface area (Å²) in [5.41, 5.74) is 0.801. The number of aliphatic hydroxyl groups is 1. The molecule has 1 saturated carbocycles. The average Bonchev–Trinajstić information content (AvgIpc) is 3.14. The summed E-state index contributed by atoms with van der Waals surface area (Å²) in [5, 5.41) is 22.3. The molecule has 2 rings (SSSR count). The molecular weight excluding hydrogens is 282 g/mol. The molecule has 1 fully saturated rings. The second kappa shape index (κ2) is 4.96. The van der Waals surface area contributed by atoms with E-state index >= 15 is 0 Å². The summed E-state index contributed by atoms with van der Waals surface area (Å²) in [6, 6.07) is 5.22. The molecule has 0 radical (unpaired) electrons. The molecule has 0 aromatic heterocycles. The van der Waals surface area contributed by atoms with Gasteiger partial charge in [-0.3, -0.25) is 0 Å². The van der Waals surface area contributed by atoms with Crippen LogP contribution in [0.2, 0.25) is 0 Å². The molecule has 4 heteroatoms. The number of phenols is 1. The van der Waals surface area contributed by atoms with Gasteiger partial charge in [0, 0.05) is 16.6 Å². The minimum atomic E-state index is -0.203. The maximum atomic E-state index is 9.47. The first-order valence-electron chi connectivity index (χ1n) is 5.88. The number of rotatable bonds is 5. The Labute approximate surface area is 110 Å². The molecule has 1 atom stereocenters. The van der Waals surface area contributed by atoms with Crippen LogP contribution < -0.4 is 5.32 Å². The van der Waals surface area contributed by atoms with Gasteiger partial charge in [0.1, 0.15) is 5.75 Å². The third-order valence-corrected chi connectivity index (χ3v) is 4.29. The van der Waals surface area contributed by atoms with Crippen molar-refractivity contribution in [3.8, 4) is 5.75 Å². The Morgan fingerprint density at radius 3 is 2.76 bits per heavy atom. The van der Waals surface area contributed by atoms with E-state index in [1.807, 2.05) is 6.07 Å². The standard InChI is InChI=1S/C13H18BrNO2/c1-13(8-16,10-2-3-10)15-7-9-6-11(17)4-5-12(9)14/h4-6,10,15-17H,2-3,7-8H2,1H3. The van der Waals surface area contributed by atoms with Crippen LogP contribution in [0.4, 0.5) is 0 Å². The molecule has 1 aliphatic rings. The number of aliphatic hydroxyl groups excluding tert-OH is 1. The van der Waals surface area contributed by atoms with Crippen molar-refractivity contribution in [1.82, 2.24) is 5.32 Å². The molecule has 0 amide bonds. The van der Waals surface area contributed by atoms with Gasteiger partial charge in [0.2, 0.25) is 0 Å². The lowest BCUT2D eigenvalue weighted by Gasteiger charge is -2.29. The summed E-state index contributed by atoms with van der Waals surface area (Å²) in [6.07, 6.45) is 2.37. The third-order valence-electron chi connectivity index (χ3n) is 3.52. The molecule has 1 aliphatic carbocycles. The van der Waals surface area contributed by atoms with Gasteiger partial charge in [0.15, 0.2) is 0 Å². The van der Waals surface area contributed by atoms with Crippen molar-refractivity contribution in [2.45, 2.75) is 31.8 Å². The number of hydrogen-bond acceptors (Lipinski definition) is 3. The summed E-state index contributed by atoms with van der Waals surface area (Å²) >= 11 is 3.46. The van der Waals surface area contributed by atoms with Crippen molar-refractivity contribution in [3.05, 3.63) is 28.2 Å². The summed E-state index contributed by atoms with van der Waals surface area (Å²) in [6.45, 7) is 2.85. The Morgan fingerprint density at radius 1 is 1.47 bits per heavy atom. The van der Waals surface area contributed by atoms with Gasteiger partial charge in [0.25, 0.3) is 0 Å². The Bertz CT molecular complexity index is 406. The third kappa shape index (κ3) is 3.00. The maximum Gasteiger partial charge on any atom is 0.115 e. The van der Waals surface area contributed by atoms with Crippen molar-refractivity contribution in [2.75, 3.05) is 6.61 Å². The van der Waals surface area contributed by atoms with E-state index in [4.69, 9.17) is 0 Å². The van der Waals surface area contributed by atoms with E-state index in [0.717, 1.165) is 10.0 Å². The Morgan fingerprint density at radius 2 is 2.18 bits per heavy atom. The highest BCUT2D eigenvalue weighted by atomic mass is 79.9. The molecule has 94 valence electrons. The van der Waals surface area contributed by atoms with Crippen molar-refractivity contribution < 1.29 is 10.2 Å². The Balaban J connectivity index is 2.03. The van der Waals surface area contributed by atoms with Gasteiger partial charge in [-0.05, 0) is 49.4 Å². The van der Waals surface area contributed by atoms with E-state index in [1.54, 1.807) is 12.1 Å². The minimum Gasteiger partial charge on any atom is -0.508 e. The summed E-state index contributed by atoms with van der Waals surface area (Å²) < 4.78 is 0.971. The number of nitrogens with one attached hydrogen (secondary N) is 1. The van der Waals surface area contributed by atoms with E-state index in [0.29, 0.717) is 12.5 Å². The fourth-order valence-electron chi connectivity index (χ4n) is 2.04. The summed E-state index contributed by atoms with van der Waals surface area (Å²) in [4.78, 5) is 0. The second-order valence-electron chi connectivity index (χ2n) is 4.98. The van der Waals surface area contributed by atoms with E-state index < -0.39 is 0 Å². The number of phenolic OH excluding ortho intramolecular Hbond substituents is 1. The largest absolute Gasteiger partial charge is 0.508 e. The highest BCUT2D eigenvalue weighted by molar-refractivity contribution is 9.10. The fourth-order valence-corrected chi connectivity index (χ4v) is 2.43. The molecule has 1 aromatic rings. The topological polar surface area (TPSA) is 52.5 Å². The molecule has 1 unspecified atom stereocenters. The zero-order valence-corrected chi connectivity index (χ0v) is 11.5. The molecule has 0 bridgehead atoms. The van der Waals surface area contributed by atoms with Crippen molar-refractivity contribution in [1.29, 1.82) is 0 Å². The average molecular weight is 300 g/mol. The zero-order valence-electron chi connectivity index (χ0n) is 9.91. The van der Waals surface area contributed by atoms with Crippen LogP contribution in [0.15, 0.2) is 22.7 Å². The maximum absolute atomic E-state index is 9.47. The van der Waals surface area contributed by atoms with Crippen molar-refractivity contribution in [2.24, 2.45) is 5.92 Å². The van der Waals surface area contributed by atoms with Gasteiger partial charge in [-0.1, -0.05) is 15.9 Å². The minimum absolute atomic E-state index is 0.147. The Hall–Kier alpha value is -0.580. The monoisotopic (exact) mass is 299 g/mol. The van der Waals surface area contributed by atoms with Crippen LogP contribution >= 0.6 is 15.9 Å². The molecule has 1 aromatic carbocycles. The lowest BCUT2D eigenvalue weighted by molar-refractivity contribution is 0.153. The van der Waals surface area contributed by atoms with Gasteiger partial charge in [-0.15, -0.1) is 0 Å². The first kappa shape index (κ1) is 12.9. The van der Waals surface area contributed by atoms with Crippen LogP contribution in [0.1, 0.15) is 25.3 Å². The SMILES string of the molecule is CC(CO)(NCc1cc(O)ccc1Br)C1CC1. The summed E-state index contributed by atoms with van der Waals surface area (Å²) in [5.74, 6) is 0.839. The first-order chi connectivity index (χ1) is 8.05. The molecule has 0 aliphatic heterocycles. The normalized spacial score (nSPS) is 19.0. The van der Waals surface area contributed by atoms with Gasteiger partial charge in [-0.2, -0.15) is 0 Å².